The zero-order valence-corrected chi connectivity index (χ0v) is 18.0. The average Bonchev–Trinajstić information content (AvgIpc) is 3.18. The van der Waals surface area contributed by atoms with Crippen molar-refractivity contribution in [3.63, 3.8) is 0 Å². The number of carbonyl (C=O) groups is 1. The van der Waals surface area contributed by atoms with Gasteiger partial charge in [-0.05, 0) is 49.1 Å². The maximum Gasteiger partial charge on any atom is 0.501 e. The Bertz CT molecular complexity index is 1260. The molecule has 0 aliphatic heterocycles. The molecule has 1 aromatic heterocycles. The Labute approximate surface area is 185 Å². The van der Waals surface area contributed by atoms with Gasteiger partial charge in [-0.1, -0.05) is 35.6 Å². The molecular formula is C21H16F4N2O3S2. The fourth-order valence-electron chi connectivity index (χ4n) is 3.51. The molecule has 0 radical (unpaired) electrons. The number of carbonyl (C=O) groups excluding carboxylic acids is 1. The van der Waals surface area contributed by atoms with Crippen LogP contribution >= 0.6 is 11.3 Å². The van der Waals surface area contributed by atoms with Crippen molar-refractivity contribution < 1.29 is 30.8 Å². The first-order valence-electron chi connectivity index (χ1n) is 9.48. The van der Waals surface area contributed by atoms with Gasteiger partial charge in [0.1, 0.15) is 5.82 Å². The minimum atomic E-state index is -5.57. The molecule has 0 spiro atoms. The number of hydrogen-bond donors (Lipinski definition) is 1. The molecule has 3 aromatic rings. The van der Waals surface area contributed by atoms with E-state index in [9.17, 15) is 30.8 Å². The fourth-order valence-corrected chi connectivity index (χ4v) is 5.19. The van der Waals surface area contributed by atoms with E-state index >= 15 is 0 Å². The Balaban J connectivity index is 1.57. The van der Waals surface area contributed by atoms with Crippen LogP contribution in [0.15, 0.2) is 59.6 Å². The number of anilines is 1. The number of alkyl halides is 3. The van der Waals surface area contributed by atoms with E-state index in [0.717, 1.165) is 48.3 Å². The first-order valence-corrected chi connectivity index (χ1v) is 11.8. The highest BCUT2D eigenvalue weighted by Crippen LogP contribution is 2.44. The van der Waals surface area contributed by atoms with Crippen molar-refractivity contribution in [3.05, 3.63) is 76.5 Å². The van der Waals surface area contributed by atoms with E-state index in [1.807, 2.05) is 0 Å². The van der Waals surface area contributed by atoms with Crippen molar-refractivity contribution in [1.82, 2.24) is 4.98 Å². The van der Waals surface area contributed by atoms with Crippen LogP contribution in [0.3, 0.4) is 0 Å². The number of halogens is 4. The third kappa shape index (κ3) is 4.02. The second kappa shape index (κ2) is 7.96. The molecule has 32 heavy (non-hydrogen) atoms. The van der Waals surface area contributed by atoms with E-state index in [2.05, 4.69) is 10.3 Å². The summed E-state index contributed by atoms with van der Waals surface area (Å²) in [5.41, 5.74) is -5.21. The maximum atomic E-state index is 13.3. The van der Waals surface area contributed by atoms with E-state index in [-0.39, 0.29) is 16.3 Å². The number of nitrogens with one attached hydrogen (secondary N) is 1. The van der Waals surface area contributed by atoms with Gasteiger partial charge in [0.15, 0.2) is 5.13 Å². The van der Waals surface area contributed by atoms with Crippen molar-refractivity contribution in [1.29, 1.82) is 0 Å². The van der Waals surface area contributed by atoms with Crippen molar-refractivity contribution in [2.24, 2.45) is 0 Å². The van der Waals surface area contributed by atoms with Crippen LogP contribution in [0.25, 0.3) is 0 Å². The highest BCUT2D eigenvalue weighted by molar-refractivity contribution is 7.92. The first kappa shape index (κ1) is 22.4. The summed E-state index contributed by atoms with van der Waals surface area (Å²) in [5, 5.41) is 3.73. The summed E-state index contributed by atoms with van der Waals surface area (Å²) in [7, 11) is -5.57. The van der Waals surface area contributed by atoms with Gasteiger partial charge < -0.3 is 5.32 Å². The van der Waals surface area contributed by atoms with E-state index in [4.69, 9.17) is 0 Å². The molecule has 1 N–H and O–H groups in total. The number of aromatic nitrogens is 1. The normalized spacial score (nSPS) is 15.8. The van der Waals surface area contributed by atoms with E-state index < -0.39 is 31.6 Å². The van der Waals surface area contributed by atoms with Crippen LogP contribution in [-0.2, 0) is 15.4 Å². The van der Waals surface area contributed by atoms with Gasteiger partial charge in [-0.15, -0.1) is 0 Å². The SMILES string of the molecule is O=C(c1cccc(S(=O)(=O)C(F)(F)F)c1)c1cnc(NC2(c3ccc(F)cc3)CCC2)s1. The van der Waals surface area contributed by atoms with Gasteiger partial charge in [-0.3, -0.25) is 4.79 Å². The summed E-state index contributed by atoms with van der Waals surface area (Å²) >= 11 is 1.01. The second-order valence-corrected chi connectivity index (χ2v) is 10.4. The van der Waals surface area contributed by atoms with Crippen LogP contribution in [0, 0.1) is 5.82 Å². The molecule has 1 aliphatic carbocycles. The summed E-state index contributed by atoms with van der Waals surface area (Å²) in [6.07, 6.45) is 3.83. The minimum absolute atomic E-state index is 0.141. The molecule has 2 aromatic carbocycles. The molecule has 1 fully saturated rings. The number of nitrogens with zero attached hydrogens (tertiary/aromatic N) is 1. The lowest BCUT2D eigenvalue weighted by Crippen LogP contribution is -2.42. The largest absolute Gasteiger partial charge is 0.501 e. The summed E-state index contributed by atoms with van der Waals surface area (Å²) in [6.45, 7) is 0. The summed E-state index contributed by atoms with van der Waals surface area (Å²) in [4.78, 5) is 16.1. The molecule has 0 bridgehead atoms. The van der Waals surface area contributed by atoms with E-state index in [1.165, 1.54) is 24.4 Å². The molecule has 5 nitrogen and oxygen atoms in total. The molecule has 168 valence electrons. The lowest BCUT2D eigenvalue weighted by molar-refractivity contribution is -0.0436. The highest BCUT2D eigenvalue weighted by atomic mass is 32.2. The van der Waals surface area contributed by atoms with Gasteiger partial charge in [0.05, 0.1) is 21.5 Å². The smallest absolute Gasteiger partial charge is 0.352 e. The average molecular weight is 484 g/mol. The Kier molecular flexibility index (Phi) is 5.58. The standard InChI is InChI=1S/C21H16F4N2O3S2/c22-15-7-5-14(6-8-15)20(9-2-10-20)27-19-26-12-17(31-19)18(28)13-3-1-4-16(11-13)32(29,30)21(23,24)25/h1,3-8,11-12H,2,9-10H2,(H,26,27). The summed E-state index contributed by atoms with van der Waals surface area (Å²) in [5.74, 6) is -0.987. The summed E-state index contributed by atoms with van der Waals surface area (Å²) < 4.78 is 75.0. The fraction of sp³-hybridized carbons (Fsp3) is 0.238. The quantitative estimate of drug-likeness (QED) is 0.380. The number of ketones is 1. The van der Waals surface area contributed by atoms with Crippen molar-refractivity contribution >= 4 is 32.1 Å². The predicted molar refractivity (Wildman–Crippen MR) is 111 cm³/mol. The van der Waals surface area contributed by atoms with Crippen LogP contribution < -0.4 is 5.32 Å². The molecule has 1 saturated carbocycles. The zero-order chi connectivity index (χ0) is 23.1. The van der Waals surface area contributed by atoms with Crippen LogP contribution in [0.2, 0.25) is 0 Å². The van der Waals surface area contributed by atoms with Gasteiger partial charge in [0.2, 0.25) is 5.78 Å². The molecule has 0 amide bonds. The molecule has 0 saturated heterocycles. The van der Waals surface area contributed by atoms with Gasteiger partial charge in [-0.2, -0.15) is 13.2 Å². The number of rotatable bonds is 6. The number of benzene rings is 2. The Morgan fingerprint density at radius 2 is 1.78 bits per heavy atom. The molecular weight excluding hydrogens is 468 g/mol. The highest BCUT2D eigenvalue weighted by Gasteiger charge is 2.47. The Morgan fingerprint density at radius 3 is 2.38 bits per heavy atom. The second-order valence-electron chi connectivity index (χ2n) is 7.40. The maximum absolute atomic E-state index is 13.3. The Hall–Kier alpha value is -2.79. The molecule has 0 unspecified atom stereocenters. The minimum Gasteiger partial charge on any atom is -0.352 e. The van der Waals surface area contributed by atoms with Gasteiger partial charge in [-0.25, -0.2) is 17.8 Å². The lowest BCUT2D eigenvalue weighted by Gasteiger charge is -2.43. The van der Waals surface area contributed by atoms with Crippen LogP contribution in [0.1, 0.15) is 40.1 Å². The van der Waals surface area contributed by atoms with Gasteiger partial charge in [0, 0.05) is 5.56 Å². The lowest BCUT2D eigenvalue weighted by atomic mass is 9.72. The molecule has 4 rings (SSSR count). The molecule has 0 atom stereocenters. The van der Waals surface area contributed by atoms with Crippen molar-refractivity contribution in [3.8, 4) is 0 Å². The Morgan fingerprint density at radius 1 is 1.09 bits per heavy atom. The van der Waals surface area contributed by atoms with Crippen LogP contribution in [-0.4, -0.2) is 24.7 Å². The zero-order valence-electron chi connectivity index (χ0n) is 16.3. The molecule has 11 heteroatoms. The molecule has 1 aliphatic rings. The third-order valence-electron chi connectivity index (χ3n) is 5.39. The van der Waals surface area contributed by atoms with Crippen LogP contribution in [0.4, 0.5) is 22.7 Å². The first-order chi connectivity index (χ1) is 15.0. The van der Waals surface area contributed by atoms with Crippen molar-refractivity contribution in [2.45, 2.75) is 35.2 Å². The van der Waals surface area contributed by atoms with E-state index in [1.54, 1.807) is 12.1 Å². The summed E-state index contributed by atoms with van der Waals surface area (Å²) in [6, 6.07) is 9.96. The topological polar surface area (TPSA) is 76.1 Å². The van der Waals surface area contributed by atoms with Gasteiger partial charge >= 0.3 is 5.51 Å². The van der Waals surface area contributed by atoms with Gasteiger partial charge in [0.25, 0.3) is 9.84 Å². The van der Waals surface area contributed by atoms with Crippen LogP contribution in [0.5, 0.6) is 0 Å². The van der Waals surface area contributed by atoms with Crippen molar-refractivity contribution in [2.75, 3.05) is 5.32 Å². The monoisotopic (exact) mass is 484 g/mol. The number of sulfone groups is 1. The van der Waals surface area contributed by atoms with E-state index in [0.29, 0.717) is 11.2 Å². The third-order valence-corrected chi connectivity index (χ3v) is 7.79. The molecule has 1 heterocycles. The number of hydrogen-bond acceptors (Lipinski definition) is 6. The number of thiazole rings is 1. The predicted octanol–water partition coefficient (Wildman–Crippen LogP) is 5.30.